The third-order valence-corrected chi connectivity index (χ3v) is 4.00. The van der Waals surface area contributed by atoms with Crippen molar-refractivity contribution < 1.29 is 19.1 Å². The van der Waals surface area contributed by atoms with Crippen LogP contribution < -0.4 is 10.6 Å². The molecule has 1 atom stereocenters. The van der Waals surface area contributed by atoms with Gasteiger partial charge in [0.2, 0.25) is 11.8 Å². The summed E-state index contributed by atoms with van der Waals surface area (Å²) in [6.07, 6.45) is 4.25. The zero-order valence-electron chi connectivity index (χ0n) is 13.7. The number of rotatable bonds is 4. The lowest BCUT2D eigenvalue weighted by Gasteiger charge is -2.15. The Balaban J connectivity index is 1.68. The number of nitrogens with zero attached hydrogens (tertiary/aromatic N) is 2. The molecule has 2 amide bonds. The normalized spacial score (nSPS) is 16.4. The fourth-order valence-corrected chi connectivity index (χ4v) is 2.74. The number of carbonyl (C=O) groups is 3. The van der Waals surface area contributed by atoms with E-state index in [4.69, 9.17) is 4.74 Å². The Kier molecular flexibility index (Phi) is 4.78. The average molecular weight is 342 g/mol. The minimum Gasteiger partial charge on any atom is -0.465 e. The van der Waals surface area contributed by atoms with Crippen LogP contribution in [0.4, 0.5) is 5.69 Å². The number of anilines is 1. The standard InChI is InChI=1S/C17H18N4O4/c1-25-17(24)12-4-5-13-11(9-12)3-6-14(16(23)20-13)19-15(22)10-21-8-2-7-18-21/h2,4-5,7-9,14H,3,6,10H2,1H3,(H,19,22)(H,20,23). The number of nitrogens with one attached hydrogen (secondary N) is 2. The van der Waals surface area contributed by atoms with E-state index in [9.17, 15) is 14.4 Å². The van der Waals surface area contributed by atoms with Crippen molar-refractivity contribution >= 4 is 23.5 Å². The summed E-state index contributed by atoms with van der Waals surface area (Å²) in [7, 11) is 1.32. The minimum absolute atomic E-state index is 0.0518. The van der Waals surface area contributed by atoms with Gasteiger partial charge in [0.15, 0.2) is 0 Å². The maximum Gasteiger partial charge on any atom is 0.337 e. The van der Waals surface area contributed by atoms with Gasteiger partial charge in [0, 0.05) is 18.1 Å². The van der Waals surface area contributed by atoms with E-state index in [1.54, 1.807) is 36.7 Å². The molecule has 1 aromatic heterocycles. The van der Waals surface area contributed by atoms with Crippen molar-refractivity contribution in [3.63, 3.8) is 0 Å². The molecular formula is C17H18N4O4. The van der Waals surface area contributed by atoms with Crippen LogP contribution in [0.25, 0.3) is 0 Å². The molecule has 0 saturated carbocycles. The van der Waals surface area contributed by atoms with Gasteiger partial charge in [0.25, 0.3) is 0 Å². The molecule has 8 nitrogen and oxygen atoms in total. The number of hydrogen-bond donors (Lipinski definition) is 2. The molecular weight excluding hydrogens is 324 g/mol. The summed E-state index contributed by atoms with van der Waals surface area (Å²) in [6.45, 7) is 0.0518. The van der Waals surface area contributed by atoms with Crippen molar-refractivity contribution in [2.75, 3.05) is 12.4 Å². The highest BCUT2D eigenvalue weighted by Gasteiger charge is 2.25. The molecule has 0 aliphatic carbocycles. The summed E-state index contributed by atoms with van der Waals surface area (Å²) in [4.78, 5) is 36.1. The molecule has 1 aromatic carbocycles. The molecule has 0 spiro atoms. The van der Waals surface area contributed by atoms with E-state index in [0.717, 1.165) is 5.56 Å². The first kappa shape index (κ1) is 16.7. The van der Waals surface area contributed by atoms with Gasteiger partial charge in [0.05, 0.1) is 12.7 Å². The maximum absolute atomic E-state index is 12.4. The highest BCUT2D eigenvalue weighted by atomic mass is 16.5. The molecule has 8 heteroatoms. The predicted octanol–water partition coefficient (Wildman–Crippen LogP) is 0.739. The average Bonchev–Trinajstić information content (AvgIpc) is 3.05. The number of amides is 2. The number of carbonyl (C=O) groups excluding carboxylic acids is 3. The molecule has 0 radical (unpaired) electrons. The summed E-state index contributed by atoms with van der Waals surface area (Å²) >= 11 is 0. The van der Waals surface area contributed by atoms with Crippen LogP contribution in [0.2, 0.25) is 0 Å². The zero-order valence-corrected chi connectivity index (χ0v) is 13.7. The molecule has 1 aliphatic heterocycles. The molecule has 2 heterocycles. The molecule has 130 valence electrons. The summed E-state index contributed by atoms with van der Waals surface area (Å²) in [5.41, 5.74) is 1.90. The van der Waals surface area contributed by atoms with Gasteiger partial charge in [-0.15, -0.1) is 0 Å². The zero-order chi connectivity index (χ0) is 17.8. The lowest BCUT2D eigenvalue weighted by molar-refractivity contribution is -0.127. The fourth-order valence-electron chi connectivity index (χ4n) is 2.74. The van der Waals surface area contributed by atoms with Crippen LogP contribution in [0.1, 0.15) is 22.3 Å². The van der Waals surface area contributed by atoms with E-state index in [0.29, 0.717) is 24.1 Å². The van der Waals surface area contributed by atoms with Gasteiger partial charge in [-0.2, -0.15) is 5.10 Å². The van der Waals surface area contributed by atoms with E-state index >= 15 is 0 Å². The van der Waals surface area contributed by atoms with E-state index < -0.39 is 12.0 Å². The molecule has 2 N–H and O–H groups in total. The topological polar surface area (TPSA) is 102 Å². The molecule has 0 saturated heterocycles. The Bertz CT molecular complexity index is 801. The van der Waals surface area contributed by atoms with Crippen LogP contribution in [0.3, 0.4) is 0 Å². The minimum atomic E-state index is -0.642. The number of aromatic nitrogens is 2. The molecule has 2 aromatic rings. The lowest BCUT2D eigenvalue weighted by Crippen LogP contribution is -2.44. The van der Waals surface area contributed by atoms with Gasteiger partial charge in [-0.25, -0.2) is 4.79 Å². The third kappa shape index (κ3) is 3.85. The first-order valence-electron chi connectivity index (χ1n) is 7.85. The first-order chi connectivity index (χ1) is 12.1. The monoisotopic (exact) mass is 342 g/mol. The smallest absolute Gasteiger partial charge is 0.337 e. The van der Waals surface area contributed by atoms with Gasteiger partial charge >= 0.3 is 5.97 Å². The Labute approximate surface area is 144 Å². The Hall–Kier alpha value is -3.16. The van der Waals surface area contributed by atoms with Crippen LogP contribution >= 0.6 is 0 Å². The largest absolute Gasteiger partial charge is 0.465 e. The van der Waals surface area contributed by atoms with Crippen molar-refractivity contribution in [2.24, 2.45) is 0 Å². The number of benzene rings is 1. The number of fused-ring (bicyclic) bond motifs is 1. The van der Waals surface area contributed by atoms with Gasteiger partial charge in [-0.3, -0.25) is 14.3 Å². The van der Waals surface area contributed by atoms with E-state index in [1.807, 2.05) is 0 Å². The van der Waals surface area contributed by atoms with Crippen LogP contribution in [0, 0.1) is 0 Å². The molecule has 3 rings (SSSR count). The maximum atomic E-state index is 12.4. The third-order valence-electron chi connectivity index (χ3n) is 4.00. The van der Waals surface area contributed by atoms with Gasteiger partial charge in [-0.1, -0.05) is 0 Å². The molecule has 1 unspecified atom stereocenters. The van der Waals surface area contributed by atoms with Crippen molar-refractivity contribution in [2.45, 2.75) is 25.4 Å². The molecule has 1 aliphatic rings. The molecule has 0 fully saturated rings. The number of methoxy groups -OCH3 is 1. The fraction of sp³-hybridized carbons (Fsp3) is 0.294. The molecule has 0 bridgehead atoms. The van der Waals surface area contributed by atoms with Gasteiger partial charge in [-0.05, 0) is 42.7 Å². The summed E-state index contributed by atoms with van der Waals surface area (Å²) in [6, 6.07) is 6.06. The number of hydrogen-bond acceptors (Lipinski definition) is 5. The quantitative estimate of drug-likeness (QED) is 0.798. The first-order valence-corrected chi connectivity index (χ1v) is 7.85. The van der Waals surface area contributed by atoms with Crippen molar-refractivity contribution in [1.82, 2.24) is 15.1 Å². The highest BCUT2D eigenvalue weighted by Crippen LogP contribution is 2.23. The summed E-state index contributed by atoms with van der Waals surface area (Å²) in [5.74, 6) is -0.995. The van der Waals surface area contributed by atoms with Gasteiger partial charge in [0.1, 0.15) is 12.6 Å². The SMILES string of the molecule is COC(=O)c1ccc2c(c1)CCC(NC(=O)Cn1cccn1)C(=O)N2. The number of esters is 1. The summed E-state index contributed by atoms with van der Waals surface area (Å²) < 4.78 is 6.20. The van der Waals surface area contributed by atoms with Crippen LogP contribution in [0.15, 0.2) is 36.7 Å². The summed E-state index contributed by atoms with van der Waals surface area (Å²) in [5, 5.41) is 9.48. The van der Waals surface area contributed by atoms with Crippen LogP contribution in [-0.2, 0) is 27.3 Å². The Morgan fingerprint density at radius 2 is 2.28 bits per heavy atom. The van der Waals surface area contributed by atoms with Crippen molar-refractivity contribution in [3.05, 3.63) is 47.8 Å². The van der Waals surface area contributed by atoms with E-state index in [2.05, 4.69) is 15.7 Å². The van der Waals surface area contributed by atoms with E-state index in [-0.39, 0.29) is 18.4 Å². The second kappa shape index (κ2) is 7.16. The Morgan fingerprint density at radius 1 is 1.44 bits per heavy atom. The van der Waals surface area contributed by atoms with Crippen LogP contribution in [-0.4, -0.2) is 40.7 Å². The van der Waals surface area contributed by atoms with E-state index in [1.165, 1.54) is 11.8 Å². The van der Waals surface area contributed by atoms with Crippen LogP contribution in [0.5, 0.6) is 0 Å². The van der Waals surface area contributed by atoms with Crippen molar-refractivity contribution in [3.8, 4) is 0 Å². The predicted molar refractivity (Wildman–Crippen MR) is 88.9 cm³/mol. The van der Waals surface area contributed by atoms with Gasteiger partial charge < -0.3 is 15.4 Å². The van der Waals surface area contributed by atoms with Crippen molar-refractivity contribution in [1.29, 1.82) is 0 Å². The second-order valence-corrected chi connectivity index (χ2v) is 5.72. The molecule has 25 heavy (non-hydrogen) atoms. The number of aryl methyl sites for hydroxylation is 1. The highest BCUT2D eigenvalue weighted by molar-refractivity contribution is 5.99. The second-order valence-electron chi connectivity index (χ2n) is 5.72. The lowest BCUT2D eigenvalue weighted by atomic mass is 10.0. The Morgan fingerprint density at radius 3 is 3.00 bits per heavy atom. The number of ether oxygens (including phenoxy) is 1.